The molecule has 3 rings (SSSR count). The lowest BCUT2D eigenvalue weighted by atomic mass is 10.2. The second-order valence-corrected chi connectivity index (χ2v) is 10.0. The molecule has 174 valence electrons. The summed E-state index contributed by atoms with van der Waals surface area (Å²) in [6.45, 7) is 1.24. The molecule has 0 spiro atoms. The van der Waals surface area contributed by atoms with Gasteiger partial charge < -0.3 is 14.8 Å². The van der Waals surface area contributed by atoms with Crippen LogP contribution in [0.25, 0.3) is 0 Å². The van der Waals surface area contributed by atoms with Crippen LogP contribution in [-0.4, -0.2) is 51.5 Å². The standard InChI is InChI=1S/C22H26ClFN2O5S/c1-26(32(28,29)19-9-7-17(24)8-10-19)12-2-5-22(27)25-20-14-16(23)6-11-21(20)31-15-18-4-3-13-30-18/h6-11,14,18H,2-5,12-13,15H2,1H3,(H,25,27). The first kappa shape index (κ1) is 24.4. The molecule has 1 saturated heterocycles. The smallest absolute Gasteiger partial charge is 0.242 e. The molecule has 7 nitrogen and oxygen atoms in total. The Balaban J connectivity index is 1.52. The molecule has 1 unspecified atom stereocenters. The highest BCUT2D eigenvalue weighted by Crippen LogP contribution is 2.29. The van der Waals surface area contributed by atoms with Crippen LogP contribution in [0.1, 0.15) is 25.7 Å². The summed E-state index contributed by atoms with van der Waals surface area (Å²) >= 11 is 6.06. The molecule has 32 heavy (non-hydrogen) atoms. The van der Waals surface area contributed by atoms with Crippen molar-refractivity contribution in [2.24, 2.45) is 0 Å². The number of nitrogens with zero attached hydrogens (tertiary/aromatic N) is 1. The summed E-state index contributed by atoms with van der Waals surface area (Å²) in [6, 6.07) is 9.59. The molecule has 1 atom stereocenters. The van der Waals surface area contributed by atoms with Gasteiger partial charge >= 0.3 is 0 Å². The van der Waals surface area contributed by atoms with E-state index in [9.17, 15) is 17.6 Å². The fraction of sp³-hybridized carbons (Fsp3) is 0.409. The Morgan fingerprint density at radius 3 is 2.72 bits per heavy atom. The molecule has 2 aromatic rings. The van der Waals surface area contributed by atoms with Gasteiger partial charge in [-0.3, -0.25) is 4.79 Å². The second-order valence-electron chi connectivity index (χ2n) is 7.52. The van der Waals surface area contributed by atoms with E-state index in [-0.39, 0.29) is 29.9 Å². The van der Waals surface area contributed by atoms with Crippen LogP contribution in [0, 0.1) is 5.82 Å². The van der Waals surface area contributed by atoms with Crippen molar-refractivity contribution in [2.75, 3.05) is 32.1 Å². The molecule has 1 fully saturated rings. The van der Waals surface area contributed by atoms with Crippen molar-refractivity contribution >= 4 is 33.2 Å². The topological polar surface area (TPSA) is 84.9 Å². The van der Waals surface area contributed by atoms with Crippen molar-refractivity contribution < 1.29 is 27.1 Å². The first-order valence-corrected chi connectivity index (χ1v) is 12.1. The van der Waals surface area contributed by atoms with E-state index in [1.807, 2.05) is 0 Å². The van der Waals surface area contributed by atoms with Gasteiger partial charge in [-0.15, -0.1) is 0 Å². The van der Waals surface area contributed by atoms with E-state index >= 15 is 0 Å². The maximum atomic E-state index is 13.1. The number of carbonyl (C=O) groups is 1. The number of sulfonamides is 1. The number of nitrogens with one attached hydrogen (secondary N) is 1. The summed E-state index contributed by atoms with van der Waals surface area (Å²) in [4.78, 5) is 12.4. The molecular formula is C22H26ClFN2O5S. The number of anilines is 1. The van der Waals surface area contributed by atoms with Gasteiger partial charge in [0.15, 0.2) is 0 Å². The molecule has 0 bridgehead atoms. The van der Waals surface area contributed by atoms with Gasteiger partial charge in [0.05, 0.1) is 16.7 Å². The quantitative estimate of drug-likeness (QED) is 0.549. The molecule has 0 aromatic heterocycles. The summed E-state index contributed by atoms with van der Waals surface area (Å²) in [5.41, 5.74) is 0.452. The lowest BCUT2D eigenvalue weighted by molar-refractivity contribution is -0.116. The van der Waals surface area contributed by atoms with Crippen LogP contribution in [0.2, 0.25) is 5.02 Å². The fourth-order valence-electron chi connectivity index (χ4n) is 3.27. The van der Waals surface area contributed by atoms with Gasteiger partial charge in [0, 0.05) is 31.6 Å². The maximum Gasteiger partial charge on any atom is 0.242 e. The molecule has 1 amide bonds. The summed E-state index contributed by atoms with van der Waals surface area (Å²) in [5.74, 6) is -0.306. The number of halogens is 2. The van der Waals surface area contributed by atoms with Gasteiger partial charge in [0.1, 0.15) is 18.2 Å². The molecule has 0 radical (unpaired) electrons. The number of carbonyl (C=O) groups excluding carboxylic acids is 1. The monoisotopic (exact) mass is 484 g/mol. The number of hydrogen-bond acceptors (Lipinski definition) is 5. The Labute approximate surface area is 192 Å². The van der Waals surface area contributed by atoms with Crippen LogP contribution >= 0.6 is 11.6 Å². The summed E-state index contributed by atoms with van der Waals surface area (Å²) < 4.78 is 50.6. The van der Waals surface area contributed by atoms with Crippen molar-refractivity contribution in [2.45, 2.75) is 36.7 Å². The lowest BCUT2D eigenvalue weighted by Crippen LogP contribution is -2.28. The number of rotatable bonds is 10. The highest BCUT2D eigenvalue weighted by atomic mass is 35.5. The van der Waals surface area contributed by atoms with Gasteiger partial charge in [0.2, 0.25) is 15.9 Å². The minimum Gasteiger partial charge on any atom is -0.489 e. The van der Waals surface area contributed by atoms with Crippen molar-refractivity contribution in [1.82, 2.24) is 4.31 Å². The third-order valence-electron chi connectivity index (χ3n) is 5.06. The summed E-state index contributed by atoms with van der Waals surface area (Å²) in [5, 5.41) is 3.23. The van der Waals surface area contributed by atoms with E-state index in [1.54, 1.807) is 18.2 Å². The van der Waals surface area contributed by atoms with Gasteiger partial charge in [0.25, 0.3) is 0 Å². The minimum absolute atomic E-state index is 0.00203. The Morgan fingerprint density at radius 1 is 1.28 bits per heavy atom. The van der Waals surface area contributed by atoms with Crippen LogP contribution in [0.15, 0.2) is 47.4 Å². The molecule has 1 heterocycles. The van der Waals surface area contributed by atoms with Gasteiger partial charge in [-0.1, -0.05) is 11.6 Å². The molecule has 10 heteroatoms. The second kappa shape index (κ2) is 11.1. The van der Waals surface area contributed by atoms with E-state index in [2.05, 4.69) is 5.32 Å². The number of hydrogen-bond donors (Lipinski definition) is 1. The predicted octanol–water partition coefficient (Wildman–Crippen LogP) is 4.08. The summed E-state index contributed by atoms with van der Waals surface area (Å²) in [6.07, 6.45) is 2.37. The van der Waals surface area contributed by atoms with Crippen LogP contribution < -0.4 is 10.1 Å². The summed E-state index contributed by atoms with van der Waals surface area (Å²) in [7, 11) is -2.33. The zero-order chi connectivity index (χ0) is 23.1. The molecule has 0 aliphatic carbocycles. The van der Waals surface area contributed by atoms with Crippen molar-refractivity contribution in [3.05, 3.63) is 53.3 Å². The maximum absolute atomic E-state index is 13.1. The van der Waals surface area contributed by atoms with Crippen LogP contribution in [0.3, 0.4) is 0 Å². The first-order valence-electron chi connectivity index (χ1n) is 10.3. The highest BCUT2D eigenvalue weighted by molar-refractivity contribution is 7.89. The van der Waals surface area contributed by atoms with E-state index in [0.29, 0.717) is 29.5 Å². The lowest BCUT2D eigenvalue weighted by Gasteiger charge is -2.17. The van der Waals surface area contributed by atoms with Gasteiger partial charge in [-0.2, -0.15) is 0 Å². The van der Waals surface area contributed by atoms with Crippen molar-refractivity contribution in [3.63, 3.8) is 0 Å². The van der Waals surface area contributed by atoms with Crippen molar-refractivity contribution in [3.8, 4) is 5.75 Å². The first-order chi connectivity index (χ1) is 15.3. The van der Waals surface area contributed by atoms with Crippen molar-refractivity contribution in [1.29, 1.82) is 0 Å². The molecule has 0 saturated carbocycles. The highest BCUT2D eigenvalue weighted by Gasteiger charge is 2.21. The average Bonchev–Trinajstić information content (AvgIpc) is 3.27. The van der Waals surface area contributed by atoms with E-state index in [0.717, 1.165) is 35.9 Å². The zero-order valence-electron chi connectivity index (χ0n) is 17.7. The molecule has 1 aliphatic heterocycles. The van der Waals surface area contributed by atoms with E-state index in [1.165, 1.54) is 19.2 Å². The third kappa shape index (κ3) is 6.65. The third-order valence-corrected chi connectivity index (χ3v) is 7.17. The molecule has 2 aromatic carbocycles. The molecule has 1 aliphatic rings. The van der Waals surface area contributed by atoms with E-state index < -0.39 is 15.8 Å². The van der Waals surface area contributed by atoms with Gasteiger partial charge in [-0.05, 0) is 61.7 Å². The Morgan fingerprint density at radius 2 is 2.03 bits per heavy atom. The number of amides is 1. The fourth-order valence-corrected chi connectivity index (χ4v) is 4.65. The van der Waals surface area contributed by atoms with E-state index in [4.69, 9.17) is 21.1 Å². The SMILES string of the molecule is CN(CCCC(=O)Nc1cc(Cl)ccc1OCC1CCCO1)S(=O)(=O)c1ccc(F)cc1. The zero-order valence-corrected chi connectivity index (χ0v) is 19.3. The minimum atomic E-state index is -3.75. The van der Waals surface area contributed by atoms with Crippen LogP contribution in [-0.2, 0) is 19.6 Å². The average molecular weight is 485 g/mol. The molecule has 1 N–H and O–H groups in total. The Bertz CT molecular complexity index is 1030. The molecular weight excluding hydrogens is 459 g/mol. The normalized spacial score (nSPS) is 16.3. The van der Waals surface area contributed by atoms with Gasteiger partial charge in [-0.25, -0.2) is 17.1 Å². The van der Waals surface area contributed by atoms with Crippen LogP contribution in [0.5, 0.6) is 5.75 Å². The Kier molecular flexibility index (Phi) is 8.47. The Hall–Kier alpha value is -2.20. The predicted molar refractivity (Wildman–Crippen MR) is 120 cm³/mol. The van der Waals surface area contributed by atoms with Crippen LogP contribution in [0.4, 0.5) is 10.1 Å². The number of benzene rings is 2. The largest absolute Gasteiger partial charge is 0.489 e. The number of ether oxygens (including phenoxy) is 2.